The molecule has 80 valence electrons. The molecule has 1 rings (SSSR count). The van der Waals surface area contributed by atoms with Gasteiger partial charge in [-0.15, -0.1) is 0 Å². The van der Waals surface area contributed by atoms with Crippen molar-refractivity contribution in [3.63, 3.8) is 0 Å². The number of nitrogens with one attached hydrogen (secondary N) is 1. The average molecular weight is 204 g/mol. The molecule has 0 spiro atoms. The smallest absolute Gasteiger partial charge is 0.203 e. The monoisotopic (exact) mass is 204 g/mol. The number of quaternary nitrogens is 1. The molecule has 1 aromatic rings. The molecule has 0 unspecified atom stereocenters. The zero-order valence-electron chi connectivity index (χ0n) is 9.36. The minimum Gasteiger partial charge on any atom is -0.300 e. The van der Waals surface area contributed by atoms with Gasteiger partial charge in [0.1, 0.15) is 0 Å². The van der Waals surface area contributed by atoms with Gasteiger partial charge in [0, 0.05) is 6.08 Å². The van der Waals surface area contributed by atoms with Gasteiger partial charge in [0.2, 0.25) is 6.29 Å². The molecule has 1 N–H and O–H groups in total. The van der Waals surface area contributed by atoms with E-state index in [0.717, 1.165) is 30.6 Å². The SMILES string of the molecule is CC[NH+](CC)/C(C=O)=C\c1ccccc1. The van der Waals surface area contributed by atoms with E-state index in [9.17, 15) is 4.79 Å². The molecule has 0 heterocycles. The maximum absolute atomic E-state index is 11.0. The van der Waals surface area contributed by atoms with Gasteiger partial charge < -0.3 is 4.90 Å². The summed E-state index contributed by atoms with van der Waals surface area (Å²) in [4.78, 5) is 12.2. The molecule has 0 amide bonds. The van der Waals surface area contributed by atoms with Crippen molar-refractivity contribution in [3.8, 4) is 0 Å². The summed E-state index contributed by atoms with van der Waals surface area (Å²) < 4.78 is 0. The number of hydrogen-bond acceptors (Lipinski definition) is 1. The minimum atomic E-state index is 0.825. The topological polar surface area (TPSA) is 21.5 Å². The van der Waals surface area contributed by atoms with Crippen LogP contribution in [-0.2, 0) is 4.79 Å². The summed E-state index contributed by atoms with van der Waals surface area (Å²) in [5.41, 5.74) is 1.91. The van der Waals surface area contributed by atoms with Crippen LogP contribution in [-0.4, -0.2) is 19.4 Å². The largest absolute Gasteiger partial charge is 0.300 e. The lowest BCUT2D eigenvalue weighted by molar-refractivity contribution is -0.850. The lowest BCUT2D eigenvalue weighted by Crippen LogP contribution is -3.09. The second-order valence-electron chi connectivity index (χ2n) is 3.44. The van der Waals surface area contributed by atoms with Crippen molar-refractivity contribution in [3.05, 3.63) is 41.6 Å². The highest BCUT2D eigenvalue weighted by molar-refractivity contribution is 5.78. The third kappa shape index (κ3) is 3.33. The molecule has 0 saturated carbocycles. The van der Waals surface area contributed by atoms with Crippen LogP contribution in [0.1, 0.15) is 19.4 Å². The van der Waals surface area contributed by atoms with Gasteiger partial charge in [-0.25, -0.2) is 0 Å². The molecule has 0 radical (unpaired) electrons. The highest BCUT2D eigenvalue weighted by Gasteiger charge is 2.09. The van der Waals surface area contributed by atoms with Crippen molar-refractivity contribution in [2.45, 2.75) is 13.8 Å². The Morgan fingerprint density at radius 1 is 1.20 bits per heavy atom. The standard InChI is InChI=1S/C13H17NO/c1-3-14(4-2)13(11-15)10-12-8-6-5-7-9-12/h5-11H,3-4H2,1-2H3/p+1/b13-10-. The molecule has 0 aliphatic rings. The fourth-order valence-electron chi connectivity index (χ4n) is 1.61. The Hall–Kier alpha value is -1.41. The van der Waals surface area contributed by atoms with Crippen LogP contribution >= 0.6 is 0 Å². The number of hydrogen-bond donors (Lipinski definition) is 1. The van der Waals surface area contributed by atoms with Crippen molar-refractivity contribution in [2.24, 2.45) is 0 Å². The fourth-order valence-corrected chi connectivity index (χ4v) is 1.61. The van der Waals surface area contributed by atoms with Gasteiger partial charge in [0.05, 0.1) is 13.1 Å². The van der Waals surface area contributed by atoms with Gasteiger partial charge in [-0.3, -0.25) is 4.79 Å². The molecule has 0 bridgehead atoms. The van der Waals surface area contributed by atoms with E-state index < -0.39 is 0 Å². The molecule has 0 aliphatic carbocycles. The number of benzene rings is 1. The average Bonchev–Trinajstić information content (AvgIpc) is 2.30. The summed E-state index contributed by atoms with van der Waals surface area (Å²) in [5, 5.41) is 0. The Bertz CT molecular complexity index is 326. The van der Waals surface area contributed by atoms with Crippen LogP contribution in [0.3, 0.4) is 0 Å². The van der Waals surface area contributed by atoms with E-state index >= 15 is 0 Å². The number of aldehydes is 1. The summed E-state index contributed by atoms with van der Waals surface area (Å²) in [7, 11) is 0. The summed E-state index contributed by atoms with van der Waals surface area (Å²) in [6, 6.07) is 9.94. The molecule has 0 atom stereocenters. The van der Waals surface area contributed by atoms with Gasteiger partial charge in [-0.2, -0.15) is 0 Å². The number of carbonyl (C=O) groups is 1. The van der Waals surface area contributed by atoms with Crippen molar-refractivity contribution in [2.75, 3.05) is 13.1 Å². The summed E-state index contributed by atoms with van der Waals surface area (Å²) in [6.07, 6.45) is 2.91. The first kappa shape index (κ1) is 11.7. The Morgan fingerprint density at radius 3 is 2.27 bits per heavy atom. The van der Waals surface area contributed by atoms with E-state index in [-0.39, 0.29) is 0 Å². The molecule has 0 aliphatic heterocycles. The van der Waals surface area contributed by atoms with Crippen LogP contribution in [0, 0.1) is 0 Å². The summed E-state index contributed by atoms with van der Waals surface area (Å²) in [6.45, 7) is 6.05. The molecule has 15 heavy (non-hydrogen) atoms. The zero-order chi connectivity index (χ0) is 11.1. The predicted octanol–water partition coefficient (Wildman–Crippen LogP) is 1.15. The van der Waals surface area contributed by atoms with E-state index in [0.29, 0.717) is 0 Å². The number of likely N-dealkylation sites (N-methyl/N-ethyl adjacent to an activating group) is 1. The molecular formula is C13H18NO+. The van der Waals surface area contributed by atoms with Gasteiger partial charge in [0.25, 0.3) is 0 Å². The molecular weight excluding hydrogens is 186 g/mol. The Balaban J connectivity index is 2.91. The first-order valence-corrected chi connectivity index (χ1v) is 5.38. The number of rotatable bonds is 5. The van der Waals surface area contributed by atoms with E-state index in [2.05, 4.69) is 13.8 Å². The van der Waals surface area contributed by atoms with Crippen LogP contribution in [0.4, 0.5) is 0 Å². The van der Waals surface area contributed by atoms with Crippen LogP contribution < -0.4 is 4.90 Å². The highest BCUT2D eigenvalue weighted by Crippen LogP contribution is 2.01. The Morgan fingerprint density at radius 2 is 1.80 bits per heavy atom. The quantitative estimate of drug-likeness (QED) is 0.564. The van der Waals surface area contributed by atoms with Crippen molar-refractivity contribution < 1.29 is 9.69 Å². The highest BCUT2D eigenvalue weighted by atomic mass is 16.1. The molecule has 0 saturated heterocycles. The second kappa shape index (κ2) is 6.14. The third-order valence-electron chi connectivity index (χ3n) is 2.51. The molecule has 2 nitrogen and oxygen atoms in total. The maximum atomic E-state index is 11.0. The number of allylic oxidation sites excluding steroid dienone is 1. The van der Waals surface area contributed by atoms with Crippen molar-refractivity contribution in [1.29, 1.82) is 0 Å². The van der Waals surface area contributed by atoms with Crippen LogP contribution in [0.5, 0.6) is 0 Å². The van der Waals surface area contributed by atoms with E-state index in [4.69, 9.17) is 0 Å². The predicted molar refractivity (Wildman–Crippen MR) is 62.5 cm³/mol. The van der Waals surface area contributed by atoms with Crippen LogP contribution in [0.15, 0.2) is 36.0 Å². The molecule has 1 aromatic carbocycles. The third-order valence-corrected chi connectivity index (χ3v) is 2.51. The summed E-state index contributed by atoms with van der Waals surface area (Å²) >= 11 is 0. The van der Waals surface area contributed by atoms with Gasteiger partial charge in [-0.05, 0) is 19.4 Å². The van der Waals surface area contributed by atoms with Gasteiger partial charge >= 0.3 is 0 Å². The Labute approximate surface area is 91.2 Å². The molecule has 0 aromatic heterocycles. The minimum absolute atomic E-state index is 0.825. The first-order valence-electron chi connectivity index (χ1n) is 5.38. The van der Waals surface area contributed by atoms with Gasteiger partial charge in [0.15, 0.2) is 5.70 Å². The van der Waals surface area contributed by atoms with Crippen LogP contribution in [0.25, 0.3) is 6.08 Å². The maximum Gasteiger partial charge on any atom is 0.203 e. The van der Waals surface area contributed by atoms with Gasteiger partial charge in [-0.1, -0.05) is 30.3 Å². The lowest BCUT2D eigenvalue weighted by atomic mass is 10.2. The van der Waals surface area contributed by atoms with E-state index in [1.54, 1.807) is 0 Å². The zero-order valence-corrected chi connectivity index (χ0v) is 9.36. The molecule has 2 heteroatoms. The lowest BCUT2D eigenvalue weighted by Gasteiger charge is -2.13. The van der Waals surface area contributed by atoms with E-state index in [1.165, 1.54) is 4.90 Å². The van der Waals surface area contributed by atoms with E-state index in [1.807, 2.05) is 36.4 Å². The fraction of sp³-hybridized carbons (Fsp3) is 0.308. The first-order chi connectivity index (χ1) is 7.31. The summed E-state index contributed by atoms with van der Waals surface area (Å²) in [5.74, 6) is 0. The van der Waals surface area contributed by atoms with Crippen LogP contribution in [0.2, 0.25) is 0 Å². The van der Waals surface area contributed by atoms with Crippen molar-refractivity contribution in [1.82, 2.24) is 0 Å². The number of carbonyl (C=O) groups excluding carboxylic acids is 1. The Kier molecular flexibility index (Phi) is 4.78. The molecule has 0 fully saturated rings. The van der Waals surface area contributed by atoms with Crippen molar-refractivity contribution >= 4 is 12.4 Å². The second-order valence-corrected chi connectivity index (χ2v) is 3.44. The normalized spacial score (nSPS) is 11.8.